The summed E-state index contributed by atoms with van der Waals surface area (Å²) in [7, 11) is 3.19. The highest BCUT2D eigenvalue weighted by Gasteiger charge is 2.31. The predicted molar refractivity (Wildman–Crippen MR) is 86.1 cm³/mol. The van der Waals surface area contributed by atoms with Crippen LogP contribution < -0.4 is 14.8 Å². The Kier molecular flexibility index (Phi) is 3.94. The van der Waals surface area contributed by atoms with Crippen LogP contribution in [0.25, 0.3) is 0 Å². The first-order valence-corrected chi connectivity index (χ1v) is 7.32. The molecule has 22 heavy (non-hydrogen) atoms. The highest BCUT2D eigenvalue weighted by molar-refractivity contribution is 6.31. The van der Waals surface area contributed by atoms with Gasteiger partial charge in [0.05, 0.1) is 19.9 Å². The number of nitrogens with one attached hydrogen (secondary N) is 1. The molecule has 4 nitrogen and oxygen atoms in total. The van der Waals surface area contributed by atoms with Gasteiger partial charge >= 0.3 is 0 Å². The maximum absolute atomic E-state index is 12.1. The van der Waals surface area contributed by atoms with Crippen LogP contribution in [0.15, 0.2) is 36.4 Å². The topological polar surface area (TPSA) is 47.6 Å². The van der Waals surface area contributed by atoms with E-state index in [1.807, 2.05) is 30.3 Å². The molecule has 0 fully saturated rings. The lowest BCUT2D eigenvalue weighted by Gasteiger charge is -2.28. The Morgan fingerprint density at radius 1 is 1.18 bits per heavy atom. The van der Waals surface area contributed by atoms with Gasteiger partial charge in [-0.3, -0.25) is 4.79 Å². The van der Waals surface area contributed by atoms with E-state index in [1.165, 1.54) is 0 Å². The van der Waals surface area contributed by atoms with Gasteiger partial charge in [0.25, 0.3) is 0 Å². The second-order valence-electron chi connectivity index (χ2n) is 5.12. The van der Waals surface area contributed by atoms with Gasteiger partial charge < -0.3 is 14.8 Å². The van der Waals surface area contributed by atoms with Crippen molar-refractivity contribution < 1.29 is 14.3 Å². The molecule has 5 heteroatoms. The fraction of sp³-hybridized carbons (Fsp3) is 0.235. The molecule has 0 unspecified atom stereocenters. The molecule has 2 aromatic rings. The van der Waals surface area contributed by atoms with Crippen molar-refractivity contribution in [1.29, 1.82) is 0 Å². The molecule has 2 aromatic carbocycles. The number of carbonyl (C=O) groups excluding carboxylic acids is 1. The first kappa shape index (κ1) is 14.7. The van der Waals surface area contributed by atoms with Gasteiger partial charge in [0.15, 0.2) is 0 Å². The van der Waals surface area contributed by atoms with Crippen molar-refractivity contribution in [1.82, 2.24) is 0 Å². The van der Waals surface area contributed by atoms with Crippen molar-refractivity contribution in [3.8, 4) is 11.5 Å². The van der Waals surface area contributed by atoms with Gasteiger partial charge in [0, 0.05) is 35.1 Å². The minimum atomic E-state index is -0.140. The van der Waals surface area contributed by atoms with Crippen molar-refractivity contribution in [3.63, 3.8) is 0 Å². The average molecular weight is 318 g/mol. The van der Waals surface area contributed by atoms with Gasteiger partial charge in [0.2, 0.25) is 5.91 Å². The maximum Gasteiger partial charge on any atom is 0.225 e. The zero-order valence-electron chi connectivity index (χ0n) is 12.4. The van der Waals surface area contributed by atoms with Crippen LogP contribution in [-0.4, -0.2) is 20.1 Å². The van der Waals surface area contributed by atoms with Crippen molar-refractivity contribution in [3.05, 3.63) is 52.5 Å². The number of anilines is 1. The molecule has 0 aliphatic carbocycles. The smallest absolute Gasteiger partial charge is 0.225 e. The summed E-state index contributed by atoms with van der Waals surface area (Å²) in [6, 6.07) is 11.2. The van der Waals surface area contributed by atoms with Gasteiger partial charge in [-0.25, -0.2) is 0 Å². The molecule has 0 aromatic heterocycles. The molecule has 1 atom stereocenters. The van der Waals surface area contributed by atoms with Gasteiger partial charge in [-0.1, -0.05) is 29.8 Å². The van der Waals surface area contributed by atoms with E-state index in [-0.39, 0.29) is 11.8 Å². The number of hydrogen-bond acceptors (Lipinski definition) is 3. The minimum Gasteiger partial charge on any atom is -0.497 e. The summed E-state index contributed by atoms with van der Waals surface area (Å²) in [6.45, 7) is 0. The lowest BCUT2D eigenvalue weighted by Crippen LogP contribution is -2.24. The number of methoxy groups -OCH3 is 2. The highest BCUT2D eigenvalue weighted by atomic mass is 35.5. The van der Waals surface area contributed by atoms with Crippen LogP contribution in [0.4, 0.5) is 5.69 Å². The van der Waals surface area contributed by atoms with Crippen LogP contribution in [0.1, 0.15) is 23.5 Å². The molecule has 0 saturated heterocycles. The molecule has 1 heterocycles. The van der Waals surface area contributed by atoms with Crippen LogP contribution in [0.5, 0.6) is 11.5 Å². The van der Waals surface area contributed by atoms with Gasteiger partial charge in [0.1, 0.15) is 11.5 Å². The van der Waals surface area contributed by atoms with Crippen molar-refractivity contribution in [2.75, 3.05) is 19.5 Å². The lowest BCUT2D eigenvalue weighted by atomic mass is 9.84. The summed E-state index contributed by atoms with van der Waals surface area (Å²) in [6.07, 6.45) is 0.333. The van der Waals surface area contributed by atoms with Crippen LogP contribution in [0.3, 0.4) is 0 Å². The zero-order valence-corrected chi connectivity index (χ0v) is 13.1. The Bertz CT molecular complexity index is 730. The predicted octanol–water partition coefficient (Wildman–Crippen LogP) is 3.83. The van der Waals surface area contributed by atoms with E-state index < -0.39 is 0 Å². The Morgan fingerprint density at radius 3 is 2.64 bits per heavy atom. The third-order valence-electron chi connectivity index (χ3n) is 3.86. The zero-order chi connectivity index (χ0) is 15.7. The number of hydrogen-bond donors (Lipinski definition) is 1. The standard InChI is InChI=1S/C17H16ClNO3/c1-21-10-7-14-17(15(8-10)22-2)12(9-16(20)19-14)11-5-3-4-6-13(11)18/h3-8,12H,9H2,1-2H3,(H,19,20)/t12-/m1/s1. The molecular formula is C17H16ClNO3. The molecular weight excluding hydrogens is 302 g/mol. The number of fused-ring (bicyclic) bond motifs is 1. The molecule has 0 radical (unpaired) electrons. The summed E-state index contributed by atoms with van der Waals surface area (Å²) in [5, 5.41) is 3.53. The summed E-state index contributed by atoms with van der Waals surface area (Å²) in [5.74, 6) is 1.13. The molecule has 1 aliphatic rings. The van der Waals surface area contributed by atoms with Crippen LogP contribution in [0.2, 0.25) is 5.02 Å². The SMILES string of the molecule is COc1cc2c(c(OC)c1)[C@@H](c1ccccc1Cl)CC(=O)N2. The normalized spacial score (nSPS) is 16.7. The highest BCUT2D eigenvalue weighted by Crippen LogP contribution is 2.46. The van der Waals surface area contributed by atoms with E-state index >= 15 is 0 Å². The second kappa shape index (κ2) is 5.89. The summed E-state index contributed by atoms with van der Waals surface area (Å²) < 4.78 is 10.8. The maximum atomic E-state index is 12.1. The largest absolute Gasteiger partial charge is 0.497 e. The molecule has 3 rings (SSSR count). The fourth-order valence-corrected chi connectivity index (χ4v) is 3.13. The van der Waals surface area contributed by atoms with E-state index in [4.69, 9.17) is 21.1 Å². The molecule has 1 N–H and O–H groups in total. The number of rotatable bonds is 3. The average Bonchev–Trinajstić information content (AvgIpc) is 2.53. The van der Waals surface area contributed by atoms with E-state index in [0.717, 1.165) is 11.1 Å². The number of halogens is 1. The first-order chi connectivity index (χ1) is 10.6. The Morgan fingerprint density at radius 2 is 1.95 bits per heavy atom. The van der Waals surface area contributed by atoms with E-state index in [1.54, 1.807) is 20.3 Å². The molecule has 1 aliphatic heterocycles. The Hall–Kier alpha value is -2.20. The van der Waals surface area contributed by atoms with Crippen molar-refractivity contribution in [2.24, 2.45) is 0 Å². The number of carbonyl (C=O) groups is 1. The van der Waals surface area contributed by atoms with E-state index in [9.17, 15) is 4.79 Å². The first-order valence-electron chi connectivity index (χ1n) is 6.94. The van der Waals surface area contributed by atoms with Gasteiger partial charge in [-0.05, 0) is 11.6 Å². The number of amides is 1. The summed E-state index contributed by atoms with van der Waals surface area (Å²) in [5.41, 5.74) is 2.55. The second-order valence-corrected chi connectivity index (χ2v) is 5.52. The molecule has 1 amide bonds. The number of benzene rings is 2. The summed E-state index contributed by atoms with van der Waals surface area (Å²) >= 11 is 6.33. The number of ether oxygens (including phenoxy) is 2. The quantitative estimate of drug-likeness (QED) is 0.936. The summed E-state index contributed by atoms with van der Waals surface area (Å²) in [4.78, 5) is 12.1. The lowest BCUT2D eigenvalue weighted by molar-refractivity contribution is -0.116. The van der Waals surface area contributed by atoms with Crippen LogP contribution >= 0.6 is 11.6 Å². The van der Waals surface area contributed by atoms with E-state index in [2.05, 4.69) is 5.32 Å². The fourth-order valence-electron chi connectivity index (χ4n) is 2.86. The molecule has 0 bridgehead atoms. The monoisotopic (exact) mass is 317 g/mol. The molecule has 0 spiro atoms. The van der Waals surface area contributed by atoms with Gasteiger partial charge in [-0.15, -0.1) is 0 Å². The van der Waals surface area contributed by atoms with Gasteiger partial charge in [-0.2, -0.15) is 0 Å². The Balaban J connectivity index is 2.20. The minimum absolute atomic E-state index is 0.0484. The molecule has 0 saturated carbocycles. The van der Waals surface area contributed by atoms with Crippen molar-refractivity contribution in [2.45, 2.75) is 12.3 Å². The third kappa shape index (κ3) is 2.50. The van der Waals surface area contributed by atoms with E-state index in [0.29, 0.717) is 28.6 Å². The molecule has 114 valence electrons. The Labute approximate surface area is 134 Å². The van der Waals surface area contributed by atoms with Crippen LogP contribution in [0, 0.1) is 0 Å². The third-order valence-corrected chi connectivity index (χ3v) is 4.21. The van der Waals surface area contributed by atoms with Crippen LogP contribution in [-0.2, 0) is 4.79 Å². The van der Waals surface area contributed by atoms with Crippen molar-refractivity contribution >= 4 is 23.2 Å².